The molecule has 3 heterocycles. The van der Waals surface area contributed by atoms with E-state index in [-0.39, 0.29) is 25.6 Å². The molecule has 2 N–H and O–H groups in total. The molecule has 1 atom stereocenters. The van der Waals surface area contributed by atoms with Crippen molar-refractivity contribution in [3.05, 3.63) is 18.4 Å². The first-order valence-electron chi connectivity index (χ1n) is 6.53. The molecule has 2 aromatic rings. The van der Waals surface area contributed by atoms with Gasteiger partial charge in [0.15, 0.2) is 5.76 Å². The zero-order chi connectivity index (χ0) is 14.7. The van der Waals surface area contributed by atoms with E-state index in [0.29, 0.717) is 24.6 Å². The molecule has 3 rings (SSSR count). The molecule has 0 aromatic carbocycles. The van der Waals surface area contributed by atoms with E-state index >= 15 is 0 Å². The molecule has 0 bridgehead atoms. The maximum atomic E-state index is 11.8. The molecule has 2 aromatic heterocycles. The van der Waals surface area contributed by atoms with Gasteiger partial charge in [0.1, 0.15) is 12.1 Å². The Hall–Kier alpha value is -2.26. The predicted molar refractivity (Wildman–Crippen MR) is 68.9 cm³/mol. The van der Waals surface area contributed by atoms with Crippen LogP contribution >= 0.6 is 0 Å². The Bertz CT molecular complexity index is 603. The number of nitrogens with zero attached hydrogens (tertiary/aromatic N) is 4. The van der Waals surface area contributed by atoms with E-state index in [1.165, 1.54) is 11.1 Å². The minimum atomic E-state index is -0.981. The summed E-state index contributed by atoms with van der Waals surface area (Å²) in [6.07, 6.45) is 2.02. The van der Waals surface area contributed by atoms with Crippen molar-refractivity contribution < 1.29 is 19.1 Å². The molecule has 1 saturated heterocycles. The molecule has 1 aliphatic rings. The number of ether oxygens (including phenoxy) is 1. The summed E-state index contributed by atoms with van der Waals surface area (Å²) in [5.74, 6) is 0.494. The van der Waals surface area contributed by atoms with Crippen LogP contribution in [0.5, 0.6) is 0 Å². The Labute approximate surface area is 119 Å². The SMILES string of the molecule is O=C(Cn1nnc(-c2ccco2)n1)NCC1(O)CCOC1. The van der Waals surface area contributed by atoms with E-state index in [1.54, 1.807) is 12.1 Å². The highest BCUT2D eigenvalue weighted by Crippen LogP contribution is 2.16. The fourth-order valence-corrected chi connectivity index (χ4v) is 2.00. The molecule has 1 amide bonds. The van der Waals surface area contributed by atoms with Gasteiger partial charge >= 0.3 is 0 Å². The molecule has 1 aliphatic heterocycles. The molecule has 0 saturated carbocycles. The van der Waals surface area contributed by atoms with E-state index in [4.69, 9.17) is 9.15 Å². The Morgan fingerprint density at radius 3 is 3.19 bits per heavy atom. The third-order valence-corrected chi connectivity index (χ3v) is 3.18. The number of aliphatic hydroxyl groups is 1. The minimum absolute atomic E-state index is 0.0787. The van der Waals surface area contributed by atoms with Crippen molar-refractivity contribution in [3.63, 3.8) is 0 Å². The van der Waals surface area contributed by atoms with Crippen molar-refractivity contribution in [2.24, 2.45) is 0 Å². The van der Waals surface area contributed by atoms with Crippen molar-refractivity contribution in [2.75, 3.05) is 19.8 Å². The average Bonchev–Trinajstić information content (AvgIpc) is 3.17. The van der Waals surface area contributed by atoms with Gasteiger partial charge in [-0.3, -0.25) is 4.79 Å². The van der Waals surface area contributed by atoms with Crippen LogP contribution < -0.4 is 5.32 Å². The highest BCUT2D eigenvalue weighted by Gasteiger charge is 2.32. The number of aromatic nitrogens is 4. The summed E-state index contributed by atoms with van der Waals surface area (Å²) >= 11 is 0. The monoisotopic (exact) mass is 293 g/mol. The minimum Gasteiger partial charge on any atom is -0.461 e. The van der Waals surface area contributed by atoms with Gasteiger partial charge in [-0.05, 0) is 17.3 Å². The van der Waals surface area contributed by atoms with Crippen LogP contribution in [0.15, 0.2) is 22.8 Å². The van der Waals surface area contributed by atoms with E-state index in [2.05, 4.69) is 20.7 Å². The molecular formula is C12H15N5O4. The van der Waals surface area contributed by atoms with Crippen LogP contribution in [-0.2, 0) is 16.1 Å². The maximum absolute atomic E-state index is 11.8. The summed E-state index contributed by atoms with van der Waals surface area (Å²) < 4.78 is 10.2. The second-order valence-electron chi connectivity index (χ2n) is 4.92. The fourth-order valence-electron chi connectivity index (χ4n) is 2.00. The lowest BCUT2D eigenvalue weighted by Crippen LogP contribution is -2.44. The second-order valence-corrected chi connectivity index (χ2v) is 4.92. The topological polar surface area (TPSA) is 115 Å². The van der Waals surface area contributed by atoms with Crippen molar-refractivity contribution in [1.29, 1.82) is 0 Å². The van der Waals surface area contributed by atoms with Gasteiger partial charge in [0.25, 0.3) is 0 Å². The lowest BCUT2D eigenvalue weighted by Gasteiger charge is -2.20. The first kappa shape index (κ1) is 13.7. The number of nitrogens with one attached hydrogen (secondary N) is 1. The van der Waals surface area contributed by atoms with Crippen LogP contribution in [0.4, 0.5) is 0 Å². The molecule has 112 valence electrons. The van der Waals surface area contributed by atoms with Crippen molar-refractivity contribution in [2.45, 2.75) is 18.6 Å². The molecular weight excluding hydrogens is 278 g/mol. The normalized spacial score (nSPS) is 21.6. The fraction of sp³-hybridized carbons (Fsp3) is 0.500. The molecule has 1 unspecified atom stereocenters. The summed E-state index contributed by atoms with van der Waals surface area (Å²) in [7, 11) is 0. The highest BCUT2D eigenvalue weighted by atomic mass is 16.5. The van der Waals surface area contributed by atoms with E-state index < -0.39 is 5.60 Å². The van der Waals surface area contributed by atoms with Crippen LogP contribution in [-0.4, -0.2) is 56.6 Å². The number of rotatable bonds is 5. The Morgan fingerprint density at radius 1 is 1.57 bits per heavy atom. The van der Waals surface area contributed by atoms with Crippen LogP contribution in [0, 0.1) is 0 Å². The number of carbonyl (C=O) groups is 1. The lowest BCUT2D eigenvalue weighted by atomic mass is 10.0. The first-order valence-corrected chi connectivity index (χ1v) is 6.53. The van der Waals surface area contributed by atoms with Crippen LogP contribution in [0.2, 0.25) is 0 Å². The van der Waals surface area contributed by atoms with Gasteiger partial charge < -0.3 is 19.6 Å². The lowest BCUT2D eigenvalue weighted by molar-refractivity contribution is -0.123. The average molecular weight is 293 g/mol. The number of amides is 1. The van der Waals surface area contributed by atoms with Gasteiger partial charge in [-0.2, -0.15) is 4.80 Å². The largest absolute Gasteiger partial charge is 0.461 e. The van der Waals surface area contributed by atoms with Gasteiger partial charge in [0, 0.05) is 19.6 Å². The van der Waals surface area contributed by atoms with Crippen LogP contribution in [0.1, 0.15) is 6.42 Å². The first-order chi connectivity index (χ1) is 10.1. The number of carbonyl (C=O) groups excluding carboxylic acids is 1. The van der Waals surface area contributed by atoms with Gasteiger partial charge in [-0.15, -0.1) is 10.2 Å². The maximum Gasteiger partial charge on any atom is 0.243 e. The number of hydrogen-bond donors (Lipinski definition) is 2. The van der Waals surface area contributed by atoms with Gasteiger partial charge in [-0.1, -0.05) is 0 Å². The Morgan fingerprint density at radius 2 is 2.48 bits per heavy atom. The van der Waals surface area contributed by atoms with Crippen LogP contribution in [0.25, 0.3) is 11.6 Å². The number of furan rings is 1. The summed E-state index contributed by atoms with van der Waals surface area (Å²) in [5.41, 5.74) is -0.981. The summed E-state index contributed by atoms with van der Waals surface area (Å²) in [4.78, 5) is 13.0. The third-order valence-electron chi connectivity index (χ3n) is 3.18. The molecule has 1 fully saturated rings. The van der Waals surface area contributed by atoms with E-state index in [1.807, 2.05) is 0 Å². The van der Waals surface area contributed by atoms with Crippen molar-refractivity contribution >= 4 is 5.91 Å². The van der Waals surface area contributed by atoms with E-state index in [0.717, 1.165) is 0 Å². The molecule has 0 radical (unpaired) electrons. The van der Waals surface area contributed by atoms with Gasteiger partial charge in [0.2, 0.25) is 11.7 Å². The molecule has 0 aliphatic carbocycles. The molecule has 9 heteroatoms. The standard InChI is InChI=1S/C12H15N5O4/c18-10(13-7-12(19)3-5-20-8-12)6-17-15-11(14-16-17)9-2-1-4-21-9/h1-2,4,19H,3,5-8H2,(H,13,18). The smallest absolute Gasteiger partial charge is 0.243 e. The Kier molecular flexibility index (Phi) is 3.67. The summed E-state index contributed by atoms with van der Waals surface area (Å²) in [6.45, 7) is 0.803. The molecule has 0 spiro atoms. The summed E-state index contributed by atoms with van der Waals surface area (Å²) in [5, 5.41) is 24.3. The second kappa shape index (κ2) is 5.62. The van der Waals surface area contributed by atoms with Gasteiger partial charge in [-0.25, -0.2) is 0 Å². The number of tetrazole rings is 1. The van der Waals surface area contributed by atoms with E-state index in [9.17, 15) is 9.90 Å². The molecule has 21 heavy (non-hydrogen) atoms. The zero-order valence-corrected chi connectivity index (χ0v) is 11.2. The Balaban J connectivity index is 1.53. The van der Waals surface area contributed by atoms with Gasteiger partial charge in [0.05, 0.1) is 12.9 Å². The van der Waals surface area contributed by atoms with Crippen LogP contribution in [0.3, 0.4) is 0 Å². The third kappa shape index (κ3) is 3.26. The molecule has 9 nitrogen and oxygen atoms in total. The quantitative estimate of drug-likeness (QED) is 0.741. The highest BCUT2D eigenvalue weighted by molar-refractivity contribution is 5.75. The van der Waals surface area contributed by atoms with Crippen molar-refractivity contribution in [1.82, 2.24) is 25.5 Å². The van der Waals surface area contributed by atoms with Crippen molar-refractivity contribution in [3.8, 4) is 11.6 Å². The zero-order valence-electron chi connectivity index (χ0n) is 11.2. The predicted octanol–water partition coefficient (Wildman–Crippen LogP) is -0.799. The summed E-state index contributed by atoms with van der Waals surface area (Å²) in [6, 6.07) is 3.42. The number of hydrogen-bond acceptors (Lipinski definition) is 7.